The highest BCUT2D eigenvalue weighted by atomic mass is 16.3. The predicted octanol–water partition coefficient (Wildman–Crippen LogP) is 1.65. The van der Waals surface area contributed by atoms with Crippen molar-refractivity contribution in [3.8, 4) is 0 Å². The van der Waals surface area contributed by atoms with Crippen molar-refractivity contribution in [2.75, 3.05) is 6.61 Å². The van der Waals surface area contributed by atoms with Crippen LogP contribution in [0.5, 0.6) is 0 Å². The van der Waals surface area contributed by atoms with Crippen LogP contribution < -0.4 is 0 Å². The second-order valence-electron chi connectivity index (χ2n) is 3.45. The Bertz CT molecular complexity index is 451. The summed E-state index contributed by atoms with van der Waals surface area (Å²) < 4.78 is 0. The van der Waals surface area contributed by atoms with Crippen molar-refractivity contribution < 1.29 is 10.2 Å². The number of hydrogen-bond acceptors (Lipinski definition) is 3. The maximum absolute atomic E-state index is 9.80. The van der Waals surface area contributed by atoms with Crippen LogP contribution in [0.15, 0.2) is 36.5 Å². The molecular formula is C12H13NO2. The number of hydrogen-bond donors (Lipinski definition) is 2. The molecule has 0 fully saturated rings. The van der Waals surface area contributed by atoms with Crippen molar-refractivity contribution in [2.24, 2.45) is 0 Å². The van der Waals surface area contributed by atoms with Crippen molar-refractivity contribution >= 4 is 10.8 Å². The maximum atomic E-state index is 9.80. The molecule has 78 valence electrons. The Hall–Kier alpha value is -1.45. The average Bonchev–Trinajstić information content (AvgIpc) is 2.28. The van der Waals surface area contributed by atoms with Crippen molar-refractivity contribution in [3.63, 3.8) is 0 Å². The third-order valence-corrected chi connectivity index (χ3v) is 2.42. The van der Waals surface area contributed by atoms with E-state index < -0.39 is 6.10 Å². The smallest absolute Gasteiger partial charge is 0.0987 e. The van der Waals surface area contributed by atoms with E-state index in [4.69, 9.17) is 5.11 Å². The Morgan fingerprint density at radius 3 is 2.80 bits per heavy atom. The zero-order valence-corrected chi connectivity index (χ0v) is 8.30. The molecule has 0 radical (unpaired) electrons. The fraction of sp³-hybridized carbons (Fsp3) is 0.250. The van der Waals surface area contributed by atoms with Crippen LogP contribution in [0.25, 0.3) is 10.8 Å². The number of aromatic nitrogens is 1. The van der Waals surface area contributed by atoms with Gasteiger partial charge >= 0.3 is 0 Å². The molecule has 1 heterocycles. The summed E-state index contributed by atoms with van der Waals surface area (Å²) in [4.78, 5) is 4.16. The average molecular weight is 203 g/mol. The van der Waals surface area contributed by atoms with Crippen molar-refractivity contribution in [3.05, 3.63) is 42.2 Å². The fourth-order valence-corrected chi connectivity index (χ4v) is 1.67. The van der Waals surface area contributed by atoms with E-state index in [0.29, 0.717) is 12.1 Å². The number of nitrogens with zero attached hydrogens (tertiary/aromatic N) is 1. The summed E-state index contributed by atoms with van der Waals surface area (Å²) in [7, 11) is 0. The Labute approximate surface area is 88.0 Å². The Morgan fingerprint density at radius 1 is 1.20 bits per heavy atom. The highest BCUT2D eigenvalue weighted by molar-refractivity contribution is 5.84. The van der Waals surface area contributed by atoms with Crippen LogP contribution in [0.1, 0.15) is 18.2 Å². The molecule has 1 aromatic carbocycles. The van der Waals surface area contributed by atoms with Crippen molar-refractivity contribution in [1.29, 1.82) is 0 Å². The van der Waals surface area contributed by atoms with Crippen LogP contribution in [-0.2, 0) is 0 Å². The van der Waals surface area contributed by atoms with Gasteiger partial charge in [0.1, 0.15) is 0 Å². The van der Waals surface area contributed by atoms with Crippen LogP contribution in [0.2, 0.25) is 0 Å². The number of rotatable bonds is 3. The number of pyridine rings is 1. The lowest BCUT2D eigenvalue weighted by Gasteiger charge is -2.10. The van der Waals surface area contributed by atoms with Gasteiger partial charge in [-0.3, -0.25) is 4.98 Å². The topological polar surface area (TPSA) is 53.4 Å². The van der Waals surface area contributed by atoms with Crippen LogP contribution in [0.4, 0.5) is 0 Å². The summed E-state index contributed by atoms with van der Waals surface area (Å²) in [6.45, 7) is -0.0356. The van der Waals surface area contributed by atoms with E-state index in [0.717, 1.165) is 10.8 Å². The lowest BCUT2D eigenvalue weighted by Crippen LogP contribution is -2.03. The molecule has 0 unspecified atom stereocenters. The third kappa shape index (κ3) is 1.98. The van der Waals surface area contributed by atoms with Gasteiger partial charge in [0.25, 0.3) is 0 Å². The highest BCUT2D eigenvalue weighted by Gasteiger charge is 2.11. The van der Waals surface area contributed by atoms with Crippen LogP contribution in [-0.4, -0.2) is 21.8 Å². The van der Waals surface area contributed by atoms with Gasteiger partial charge in [0.05, 0.1) is 11.8 Å². The minimum atomic E-state index is -0.693. The molecule has 0 aliphatic rings. The molecule has 0 saturated carbocycles. The molecule has 2 N–H and O–H groups in total. The molecule has 1 aromatic heterocycles. The Kier molecular flexibility index (Phi) is 2.94. The normalized spacial score (nSPS) is 12.9. The molecule has 1 atom stereocenters. The van der Waals surface area contributed by atoms with Gasteiger partial charge in [-0.2, -0.15) is 0 Å². The Morgan fingerprint density at radius 2 is 2.00 bits per heavy atom. The summed E-state index contributed by atoms with van der Waals surface area (Å²) >= 11 is 0. The first-order valence-corrected chi connectivity index (χ1v) is 4.95. The molecular weight excluding hydrogens is 190 g/mol. The Balaban J connectivity index is 2.50. The van der Waals surface area contributed by atoms with E-state index in [9.17, 15) is 5.11 Å². The molecule has 15 heavy (non-hydrogen) atoms. The van der Waals surface area contributed by atoms with E-state index in [2.05, 4.69) is 4.98 Å². The standard InChI is InChI=1S/C12H13NO2/c14-8-6-11(15)12-10-4-2-1-3-9(10)5-7-13-12/h1-5,7,11,14-15H,6,8H2/t11-/m0/s1. The predicted molar refractivity (Wildman–Crippen MR) is 58.4 cm³/mol. The van der Waals surface area contributed by atoms with E-state index in [1.54, 1.807) is 6.20 Å². The first-order chi connectivity index (χ1) is 7.33. The molecule has 2 rings (SSSR count). The van der Waals surface area contributed by atoms with E-state index in [-0.39, 0.29) is 6.61 Å². The minimum absolute atomic E-state index is 0.0356. The van der Waals surface area contributed by atoms with Gasteiger partial charge in [0.2, 0.25) is 0 Å². The van der Waals surface area contributed by atoms with E-state index in [1.165, 1.54) is 0 Å². The lowest BCUT2D eigenvalue weighted by atomic mass is 10.1. The second kappa shape index (κ2) is 4.38. The molecule has 0 aliphatic heterocycles. The maximum Gasteiger partial charge on any atom is 0.0987 e. The van der Waals surface area contributed by atoms with Crippen molar-refractivity contribution in [1.82, 2.24) is 4.98 Å². The molecule has 0 bridgehead atoms. The third-order valence-electron chi connectivity index (χ3n) is 2.42. The SMILES string of the molecule is OCC[C@H](O)c1nccc2ccccc12. The van der Waals surface area contributed by atoms with Gasteiger partial charge in [0.15, 0.2) is 0 Å². The van der Waals surface area contributed by atoms with E-state index in [1.807, 2.05) is 30.3 Å². The molecule has 0 spiro atoms. The van der Waals surface area contributed by atoms with Crippen LogP contribution in [0, 0.1) is 0 Å². The zero-order chi connectivity index (χ0) is 10.7. The van der Waals surface area contributed by atoms with Gasteiger partial charge in [-0.25, -0.2) is 0 Å². The van der Waals surface area contributed by atoms with Gasteiger partial charge in [-0.05, 0) is 11.5 Å². The number of fused-ring (bicyclic) bond motifs is 1. The molecule has 2 aromatic rings. The summed E-state index contributed by atoms with van der Waals surface area (Å²) in [6.07, 6.45) is 1.31. The summed E-state index contributed by atoms with van der Waals surface area (Å²) in [6, 6.07) is 9.68. The van der Waals surface area contributed by atoms with Gasteiger partial charge < -0.3 is 10.2 Å². The quantitative estimate of drug-likeness (QED) is 0.797. The fourth-order valence-electron chi connectivity index (χ4n) is 1.67. The zero-order valence-electron chi connectivity index (χ0n) is 8.30. The number of benzene rings is 1. The first kappa shape index (κ1) is 10.1. The molecule has 3 nitrogen and oxygen atoms in total. The van der Waals surface area contributed by atoms with Crippen LogP contribution >= 0.6 is 0 Å². The summed E-state index contributed by atoms with van der Waals surface area (Å²) in [5.74, 6) is 0. The van der Waals surface area contributed by atoms with Gasteiger partial charge in [-0.1, -0.05) is 24.3 Å². The van der Waals surface area contributed by atoms with Crippen molar-refractivity contribution in [2.45, 2.75) is 12.5 Å². The van der Waals surface area contributed by atoms with Gasteiger partial charge in [0, 0.05) is 24.6 Å². The second-order valence-corrected chi connectivity index (χ2v) is 3.45. The van der Waals surface area contributed by atoms with Crippen LogP contribution in [0.3, 0.4) is 0 Å². The molecule has 0 amide bonds. The van der Waals surface area contributed by atoms with E-state index >= 15 is 0 Å². The van der Waals surface area contributed by atoms with Gasteiger partial charge in [-0.15, -0.1) is 0 Å². The molecule has 3 heteroatoms. The molecule has 0 saturated heterocycles. The summed E-state index contributed by atoms with van der Waals surface area (Å²) in [5.41, 5.74) is 0.641. The summed E-state index contributed by atoms with van der Waals surface area (Å²) in [5, 5.41) is 20.6. The lowest BCUT2D eigenvalue weighted by molar-refractivity contribution is 0.132. The first-order valence-electron chi connectivity index (χ1n) is 4.95. The number of aliphatic hydroxyl groups excluding tert-OH is 2. The largest absolute Gasteiger partial charge is 0.396 e. The molecule has 0 aliphatic carbocycles. The highest BCUT2D eigenvalue weighted by Crippen LogP contribution is 2.23. The number of aliphatic hydroxyl groups is 2. The minimum Gasteiger partial charge on any atom is -0.396 e. The monoisotopic (exact) mass is 203 g/mol.